The molecule has 0 radical (unpaired) electrons. The van der Waals surface area contributed by atoms with Crippen molar-refractivity contribution in [2.75, 3.05) is 13.6 Å². The number of aliphatic hydroxyl groups excluding tert-OH is 5. The zero-order valence-electron chi connectivity index (χ0n) is 15.5. The van der Waals surface area contributed by atoms with E-state index in [2.05, 4.69) is 12.2 Å². The maximum Gasteiger partial charge on any atom is 0.237 e. The van der Waals surface area contributed by atoms with Crippen LogP contribution in [0.25, 0.3) is 0 Å². The van der Waals surface area contributed by atoms with Gasteiger partial charge in [0.15, 0.2) is 6.29 Å². The standard InChI is InChI=1S/C17H32N2O7/c1-4-5-9-6-10(19(3)7-9)16(24)18-11(8(2)20)15-13(22)12(21)14(23)17(25)26-15/h8-15,17,20-23,25H,4-7H2,1-3H3,(H,18,24)/t8-,9+,10-,11+,12-,13+,14+,15+,17-/m0/s1. The Morgan fingerprint density at radius 1 is 1.23 bits per heavy atom. The number of carbonyl (C=O) groups excluding carboxylic acids is 1. The molecule has 9 heteroatoms. The van der Waals surface area contributed by atoms with Crippen LogP contribution in [-0.4, -0.2) is 98.8 Å². The average Bonchev–Trinajstić information content (AvgIpc) is 2.95. The number of hydrogen-bond donors (Lipinski definition) is 6. The number of hydrogen-bond acceptors (Lipinski definition) is 8. The Bertz CT molecular complexity index is 478. The molecule has 26 heavy (non-hydrogen) atoms. The zero-order chi connectivity index (χ0) is 19.6. The van der Waals surface area contributed by atoms with E-state index >= 15 is 0 Å². The first-order chi connectivity index (χ1) is 12.2. The van der Waals surface area contributed by atoms with Gasteiger partial charge in [-0.2, -0.15) is 0 Å². The van der Waals surface area contributed by atoms with E-state index in [1.165, 1.54) is 6.92 Å². The Balaban J connectivity index is 2.07. The Morgan fingerprint density at radius 2 is 1.88 bits per heavy atom. The average molecular weight is 376 g/mol. The van der Waals surface area contributed by atoms with E-state index in [0.717, 1.165) is 19.4 Å². The van der Waals surface area contributed by atoms with E-state index in [1.807, 2.05) is 11.9 Å². The van der Waals surface area contributed by atoms with Gasteiger partial charge in [0.2, 0.25) is 5.91 Å². The molecule has 0 aliphatic carbocycles. The van der Waals surface area contributed by atoms with E-state index in [9.17, 15) is 30.3 Å². The Kier molecular flexibility index (Phi) is 7.37. The number of ether oxygens (including phenoxy) is 1. The van der Waals surface area contributed by atoms with Crippen molar-refractivity contribution < 1.29 is 35.1 Å². The minimum absolute atomic E-state index is 0.303. The lowest BCUT2D eigenvalue weighted by atomic mass is 9.91. The molecule has 2 aliphatic heterocycles. The quantitative estimate of drug-likeness (QED) is 0.306. The minimum atomic E-state index is -1.72. The number of amides is 1. The van der Waals surface area contributed by atoms with Crippen LogP contribution in [0.2, 0.25) is 0 Å². The molecule has 0 aromatic heterocycles. The second-order valence-corrected chi connectivity index (χ2v) is 7.58. The second kappa shape index (κ2) is 8.92. The fourth-order valence-electron chi connectivity index (χ4n) is 3.95. The van der Waals surface area contributed by atoms with Crippen LogP contribution >= 0.6 is 0 Å². The van der Waals surface area contributed by atoms with Crippen LogP contribution in [0.4, 0.5) is 0 Å². The lowest BCUT2D eigenvalue weighted by Crippen LogP contribution is -2.66. The molecule has 2 heterocycles. The molecule has 0 bridgehead atoms. The van der Waals surface area contributed by atoms with E-state index < -0.39 is 42.9 Å². The maximum absolute atomic E-state index is 12.7. The monoisotopic (exact) mass is 376 g/mol. The number of likely N-dealkylation sites (N-methyl/N-ethyl adjacent to an activating group) is 1. The Hall–Kier alpha value is -0.810. The lowest BCUT2D eigenvalue weighted by molar-refractivity contribution is -0.289. The molecule has 2 fully saturated rings. The summed E-state index contributed by atoms with van der Waals surface area (Å²) in [5, 5.41) is 52.1. The number of rotatable bonds is 6. The Morgan fingerprint density at radius 3 is 2.46 bits per heavy atom. The van der Waals surface area contributed by atoms with Crippen molar-refractivity contribution in [3.8, 4) is 0 Å². The molecule has 1 amide bonds. The van der Waals surface area contributed by atoms with Crippen molar-refractivity contribution in [1.29, 1.82) is 0 Å². The van der Waals surface area contributed by atoms with Gasteiger partial charge in [-0.05, 0) is 32.7 Å². The molecule has 2 saturated heterocycles. The Labute approximate surface area is 153 Å². The molecule has 0 spiro atoms. The van der Waals surface area contributed by atoms with Crippen molar-refractivity contribution >= 4 is 5.91 Å². The molecule has 9 atom stereocenters. The molecule has 2 rings (SSSR count). The van der Waals surface area contributed by atoms with Gasteiger partial charge < -0.3 is 35.6 Å². The van der Waals surface area contributed by atoms with Crippen LogP contribution in [-0.2, 0) is 9.53 Å². The normalized spacial score (nSPS) is 41.0. The summed E-state index contributed by atoms with van der Waals surface area (Å²) in [6.07, 6.45) is -6.18. The lowest BCUT2D eigenvalue weighted by Gasteiger charge is -2.42. The SMILES string of the molecule is CCC[C@@H]1C[C@@H](C(=O)N[C@@H]([C@H]2O[C@H](O)[C@H](O)[C@@H](O)[C@H]2O)[C@H](C)O)N(C)C1. The molecule has 0 aromatic rings. The van der Waals surface area contributed by atoms with Gasteiger partial charge >= 0.3 is 0 Å². The molecule has 152 valence electrons. The third kappa shape index (κ3) is 4.53. The van der Waals surface area contributed by atoms with Crippen molar-refractivity contribution in [1.82, 2.24) is 10.2 Å². The van der Waals surface area contributed by atoms with Crippen LogP contribution in [0, 0.1) is 5.92 Å². The molecular weight excluding hydrogens is 344 g/mol. The summed E-state index contributed by atoms with van der Waals surface area (Å²) in [7, 11) is 1.87. The predicted molar refractivity (Wildman–Crippen MR) is 91.9 cm³/mol. The molecular formula is C17H32N2O7. The molecule has 6 N–H and O–H groups in total. The minimum Gasteiger partial charge on any atom is -0.391 e. The summed E-state index contributed by atoms with van der Waals surface area (Å²) in [5.74, 6) is 0.129. The summed E-state index contributed by atoms with van der Waals surface area (Å²) in [6.45, 7) is 4.34. The highest BCUT2D eigenvalue weighted by Crippen LogP contribution is 2.27. The van der Waals surface area contributed by atoms with E-state index in [-0.39, 0.29) is 11.9 Å². The number of carbonyl (C=O) groups is 1. The number of likely N-dealkylation sites (tertiary alicyclic amines) is 1. The molecule has 0 saturated carbocycles. The smallest absolute Gasteiger partial charge is 0.237 e. The molecule has 0 aromatic carbocycles. The van der Waals surface area contributed by atoms with Gasteiger partial charge in [0.1, 0.15) is 24.4 Å². The van der Waals surface area contributed by atoms with Gasteiger partial charge in [-0.25, -0.2) is 0 Å². The molecule has 2 aliphatic rings. The van der Waals surface area contributed by atoms with Crippen LogP contribution in [0.1, 0.15) is 33.1 Å². The van der Waals surface area contributed by atoms with Gasteiger partial charge in [-0.1, -0.05) is 13.3 Å². The predicted octanol–water partition coefficient (Wildman–Crippen LogP) is -2.23. The third-order valence-corrected chi connectivity index (χ3v) is 5.44. The van der Waals surface area contributed by atoms with Crippen molar-refractivity contribution in [3.63, 3.8) is 0 Å². The maximum atomic E-state index is 12.7. The third-order valence-electron chi connectivity index (χ3n) is 5.44. The highest BCUT2D eigenvalue weighted by molar-refractivity contribution is 5.82. The summed E-state index contributed by atoms with van der Waals surface area (Å²) in [4.78, 5) is 14.7. The fourth-order valence-corrected chi connectivity index (χ4v) is 3.95. The number of aliphatic hydroxyl groups is 5. The first kappa shape index (κ1) is 21.5. The van der Waals surface area contributed by atoms with Crippen LogP contribution < -0.4 is 5.32 Å². The van der Waals surface area contributed by atoms with Gasteiger partial charge in [0, 0.05) is 6.54 Å². The van der Waals surface area contributed by atoms with E-state index in [1.54, 1.807) is 0 Å². The highest BCUT2D eigenvalue weighted by Gasteiger charge is 2.48. The van der Waals surface area contributed by atoms with E-state index in [0.29, 0.717) is 12.3 Å². The zero-order valence-corrected chi connectivity index (χ0v) is 15.5. The second-order valence-electron chi connectivity index (χ2n) is 7.58. The van der Waals surface area contributed by atoms with Gasteiger partial charge in [0.05, 0.1) is 18.2 Å². The largest absolute Gasteiger partial charge is 0.391 e. The van der Waals surface area contributed by atoms with Gasteiger partial charge in [-0.15, -0.1) is 0 Å². The first-order valence-electron chi connectivity index (χ1n) is 9.23. The summed E-state index contributed by atoms with van der Waals surface area (Å²) in [6, 6.07) is -1.40. The van der Waals surface area contributed by atoms with Crippen LogP contribution in [0.3, 0.4) is 0 Å². The number of nitrogens with zero attached hydrogens (tertiary/aromatic N) is 1. The van der Waals surface area contributed by atoms with Gasteiger partial charge in [-0.3, -0.25) is 9.69 Å². The van der Waals surface area contributed by atoms with Crippen molar-refractivity contribution in [2.45, 2.75) is 82.0 Å². The van der Waals surface area contributed by atoms with Crippen LogP contribution in [0.5, 0.6) is 0 Å². The summed E-state index contributed by atoms with van der Waals surface area (Å²) >= 11 is 0. The van der Waals surface area contributed by atoms with Crippen LogP contribution in [0.15, 0.2) is 0 Å². The van der Waals surface area contributed by atoms with Gasteiger partial charge in [0.25, 0.3) is 0 Å². The van der Waals surface area contributed by atoms with Crippen molar-refractivity contribution in [2.24, 2.45) is 5.92 Å². The summed E-state index contributed by atoms with van der Waals surface area (Å²) in [5.41, 5.74) is 0. The summed E-state index contributed by atoms with van der Waals surface area (Å²) < 4.78 is 5.16. The fraction of sp³-hybridized carbons (Fsp3) is 0.941. The first-order valence-corrected chi connectivity index (χ1v) is 9.23. The number of nitrogens with one attached hydrogen (secondary N) is 1. The molecule has 0 unspecified atom stereocenters. The van der Waals surface area contributed by atoms with Crippen molar-refractivity contribution in [3.05, 3.63) is 0 Å². The van der Waals surface area contributed by atoms with E-state index in [4.69, 9.17) is 4.74 Å². The highest BCUT2D eigenvalue weighted by atomic mass is 16.6. The molecule has 9 nitrogen and oxygen atoms in total. The topological polar surface area (TPSA) is 143 Å².